The maximum Gasteiger partial charge on any atom is 0.257 e. The highest BCUT2D eigenvalue weighted by Gasteiger charge is 2.26. The molecular formula is C21H25N3O4S. The van der Waals surface area contributed by atoms with Crippen LogP contribution in [-0.2, 0) is 14.8 Å². The molecule has 0 radical (unpaired) electrons. The molecule has 0 atom stereocenters. The Hall–Kier alpha value is -2.71. The lowest BCUT2D eigenvalue weighted by Gasteiger charge is -2.21. The van der Waals surface area contributed by atoms with Crippen LogP contribution < -0.4 is 10.2 Å². The summed E-state index contributed by atoms with van der Waals surface area (Å²) >= 11 is 0. The first-order valence-corrected chi connectivity index (χ1v) is 10.9. The van der Waals surface area contributed by atoms with Crippen molar-refractivity contribution >= 4 is 33.2 Å². The molecule has 29 heavy (non-hydrogen) atoms. The van der Waals surface area contributed by atoms with E-state index in [4.69, 9.17) is 0 Å². The van der Waals surface area contributed by atoms with Crippen LogP contribution >= 0.6 is 0 Å². The summed E-state index contributed by atoms with van der Waals surface area (Å²) in [7, 11) is -2.05. The van der Waals surface area contributed by atoms with E-state index < -0.39 is 10.0 Å². The molecule has 0 aliphatic carbocycles. The van der Waals surface area contributed by atoms with E-state index >= 15 is 0 Å². The molecular weight excluding hydrogens is 390 g/mol. The number of nitrogens with one attached hydrogen (secondary N) is 1. The van der Waals surface area contributed by atoms with Gasteiger partial charge in [0, 0.05) is 31.7 Å². The minimum absolute atomic E-state index is 0.00841. The van der Waals surface area contributed by atoms with E-state index in [9.17, 15) is 18.0 Å². The van der Waals surface area contributed by atoms with Gasteiger partial charge in [0.1, 0.15) is 0 Å². The number of rotatable bonds is 6. The van der Waals surface area contributed by atoms with Gasteiger partial charge in [-0.2, -0.15) is 4.31 Å². The molecule has 1 heterocycles. The van der Waals surface area contributed by atoms with Crippen LogP contribution in [0, 0.1) is 0 Å². The second-order valence-corrected chi connectivity index (χ2v) is 9.26. The summed E-state index contributed by atoms with van der Waals surface area (Å²) in [6.07, 6.45) is 1.26. The number of hydrogen-bond donors (Lipinski definition) is 1. The van der Waals surface area contributed by atoms with Gasteiger partial charge < -0.3 is 10.2 Å². The predicted molar refractivity (Wildman–Crippen MR) is 113 cm³/mol. The Morgan fingerprint density at radius 2 is 1.76 bits per heavy atom. The Bertz CT molecular complexity index is 1020. The highest BCUT2D eigenvalue weighted by Crippen LogP contribution is 2.26. The van der Waals surface area contributed by atoms with Crippen LogP contribution in [0.4, 0.5) is 11.4 Å². The zero-order valence-corrected chi connectivity index (χ0v) is 17.6. The monoisotopic (exact) mass is 415 g/mol. The fourth-order valence-corrected chi connectivity index (χ4v) is 4.52. The lowest BCUT2D eigenvalue weighted by atomic mass is 10.1. The molecule has 1 fully saturated rings. The first-order chi connectivity index (χ1) is 13.7. The van der Waals surface area contributed by atoms with Gasteiger partial charge in [0.15, 0.2) is 0 Å². The highest BCUT2D eigenvalue weighted by molar-refractivity contribution is 7.89. The molecule has 2 aromatic rings. The van der Waals surface area contributed by atoms with Crippen molar-refractivity contribution in [2.75, 3.05) is 23.8 Å². The number of anilines is 2. The van der Waals surface area contributed by atoms with E-state index in [1.54, 1.807) is 55.1 Å². The molecule has 8 heteroatoms. The number of hydrogen-bond acceptors (Lipinski definition) is 4. The van der Waals surface area contributed by atoms with Crippen LogP contribution in [-0.4, -0.2) is 44.2 Å². The number of carbonyl (C=O) groups excluding carboxylic acids is 2. The Balaban J connectivity index is 1.80. The fourth-order valence-electron chi connectivity index (χ4n) is 3.16. The number of sulfonamides is 1. The molecule has 0 bridgehead atoms. The van der Waals surface area contributed by atoms with Crippen molar-refractivity contribution in [1.82, 2.24) is 4.31 Å². The average molecular weight is 416 g/mol. The molecule has 2 aromatic carbocycles. The second-order valence-electron chi connectivity index (χ2n) is 7.26. The largest absolute Gasteiger partial charge is 0.322 e. The first-order valence-electron chi connectivity index (χ1n) is 9.50. The molecule has 7 nitrogen and oxygen atoms in total. The van der Waals surface area contributed by atoms with Crippen molar-refractivity contribution in [1.29, 1.82) is 0 Å². The van der Waals surface area contributed by atoms with Crippen LogP contribution in [0.15, 0.2) is 53.4 Å². The molecule has 1 saturated heterocycles. The summed E-state index contributed by atoms with van der Waals surface area (Å²) in [5, 5.41) is 2.78. The average Bonchev–Trinajstić information content (AvgIpc) is 3.13. The van der Waals surface area contributed by atoms with Crippen molar-refractivity contribution < 1.29 is 18.0 Å². The number of nitrogens with zero attached hydrogens (tertiary/aromatic N) is 2. The van der Waals surface area contributed by atoms with Crippen molar-refractivity contribution in [3.8, 4) is 0 Å². The lowest BCUT2D eigenvalue weighted by Crippen LogP contribution is -2.33. The molecule has 0 unspecified atom stereocenters. The van der Waals surface area contributed by atoms with E-state index in [0.29, 0.717) is 29.9 Å². The standard InChI is InChI=1S/C21H25N3O4S/c1-15(2)23(3)29(27,28)17-12-10-16(11-13-17)22-21(26)18-7-4-5-8-19(18)24-14-6-9-20(24)25/h4-5,7-8,10-13,15H,6,9,14H2,1-3H3,(H,22,26). The Kier molecular flexibility index (Phi) is 6.04. The van der Waals surface area contributed by atoms with Gasteiger partial charge in [0.2, 0.25) is 15.9 Å². The smallest absolute Gasteiger partial charge is 0.257 e. The van der Waals surface area contributed by atoms with Gasteiger partial charge in [0.05, 0.1) is 16.1 Å². The number of benzene rings is 2. The third-order valence-electron chi connectivity index (χ3n) is 5.03. The van der Waals surface area contributed by atoms with Crippen LogP contribution in [0.2, 0.25) is 0 Å². The van der Waals surface area contributed by atoms with Gasteiger partial charge in [-0.05, 0) is 56.7 Å². The van der Waals surface area contributed by atoms with Crippen molar-refractivity contribution in [3.05, 3.63) is 54.1 Å². The van der Waals surface area contributed by atoms with Gasteiger partial charge in [-0.1, -0.05) is 12.1 Å². The molecule has 0 spiro atoms. The van der Waals surface area contributed by atoms with Gasteiger partial charge >= 0.3 is 0 Å². The van der Waals surface area contributed by atoms with Gasteiger partial charge in [-0.25, -0.2) is 8.42 Å². The summed E-state index contributed by atoms with van der Waals surface area (Å²) in [5.41, 5.74) is 1.47. The van der Waals surface area contributed by atoms with Gasteiger partial charge in [0.25, 0.3) is 5.91 Å². The maximum atomic E-state index is 12.8. The maximum absolute atomic E-state index is 12.8. The SMILES string of the molecule is CC(C)N(C)S(=O)(=O)c1ccc(NC(=O)c2ccccc2N2CCCC2=O)cc1. The van der Waals surface area contributed by atoms with Crippen molar-refractivity contribution in [3.63, 3.8) is 0 Å². The van der Waals surface area contributed by atoms with E-state index in [1.165, 1.54) is 23.5 Å². The van der Waals surface area contributed by atoms with Crippen LogP contribution in [0.25, 0.3) is 0 Å². The Morgan fingerprint density at radius 1 is 1.10 bits per heavy atom. The van der Waals surface area contributed by atoms with Crippen LogP contribution in [0.3, 0.4) is 0 Å². The van der Waals surface area contributed by atoms with Crippen LogP contribution in [0.1, 0.15) is 37.0 Å². The number of amides is 2. The van der Waals surface area contributed by atoms with Crippen molar-refractivity contribution in [2.24, 2.45) is 0 Å². The molecule has 1 aliphatic rings. The normalized spacial score (nSPS) is 14.7. The minimum atomic E-state index is -3.58. The first kappa shape index (κ1) is 21.0. The molecule has 3 rings (SSSR count). The molecule has 0 saturated carbocycles. The third kappa shape index (κ3) is 4.33. The zero-order chi connectivity index (χ0) is 21.2. The quantitative estimate of drug-likeness (QED) is 0.785. The van der Waals surface area contributed by atoms with Gasteiger partial charge in [-0.15, -0.1) is 0 Å². The molecule has 1 aliphatic heterocycles. The summed E-state index contributed by atoms with van der Waals surface area (Å²) < 4.78 is 26.4. The molecule has 1 N–H and O–H groups in total. The topological polar surface area (TPSA) is 86.8 Å². The zero-order valence-electron chi connectivity index (χ0n) is 16.8. The molecule has 2 amide bonds. The Morgan fingerprint density at radius 3 is 2.34 bits per heavy atom. The van der Waals surface area contributed by atoms with Crippen molar-refractivity contribution in [2.45, 2.75) is 37.6 Å². The van der Waals surface area contributed by atoms with Crippen LogP contribution in [0.5, 0.6) is 0 Å². The Labute approximate surface area is 171 Å². The summed E-state index contributed by atoms with van der Waals surface area (Å²) in [5.74, 6) is -0.343. The fraction of sp³-hybridized carbons (Fsp3) is 0.333. The molecule has 154 valence electrons. The minimum Gasteiger partial charge on any atom is -0.322 e. The summed E-state index contributed by atoms with van der Waals surface area (Å²) in [4.78, 5) is 26.7. The molecule has 0 aromatic heterocycles. The lowest BCUT2D eigenvalue weighted by molar-refractivity contribution is -0.117. The van der Waals surface area contributed by atoms with Gasteiger partial charge in [-0.3, -0.25) is 9.59 Å². The second kappa shape index (κ2) is 8.34. The van der Waals surface area contributed by atoms with E-state index in [-0.39, 0.29) is 22.8 Å². The summed E-state index contributed by atoms with van der Waals surface area (Å²) in [6.45, 7) is 4.20. The van der Waals surface area contributed by atoms with E-state index in [1.807, 2.05) is 0 Å². The third-order valence-corrected chi connectivity index (χ3v) is 7.08. The number of carbonyl (C=O) groups is 2. The predicted octanol–water partition coefficient (Wildman–Crippen LogP) is 3.09. The highest BCUT2D eigenvalue weighted by atomic mass is 32.2. The summed E-state index contributed by atoms with van der Waals surface area (Å²) in [6, 6.07) is 12.9. The number of para-hydroxylation sites is 1. The van der Waals surface area contributed by atoms with E-state index in [2.05, 4.69) is 5.32 Å². The van der Waals surface area contributed by atoms with E-state index in [0.717, 1.165) is 6.42 Å².